The quantitative estimate of drug-likeness (QED) is 0.756. The van der Waals surface area contributed by atoms with E-state index in [1.54, 1.807) is 18.2 Å². The minimum Gasteiger partial charge on any atom is -0.462 e. The number of hydrogen-bond donors (Lipinski definition) is 0. The van der Waals surface area contributed by atoms with Crippen LogP contribution in [0.25, 0.3) is 6.08 Å². The zero-order chi connectivity index (χ0) is 18.1. The number of carbonyl (C=O) groups is 1. The summed E-state index contributed by atoms with van der Waals surface area (Å²) in [5.41, 5.74) is 1.01. The van der Waals surface area contributed by atoms with Crippen molar-refractivity contribution >= 4 is 34.6 Å². The van der Waals surface area contributed by atoms with Gasteiger partial charge in [0.15, 0.2) is 5.17 Å². The third kappa shape index (κ3) is 3.53. The summed E-state index contributed by atoms with van der Waals surface area (Å²) in [6, 6.07) is 10.3. The van der Waals surface area contributed by atoms with Gasteiger partial charge in [-0.2, -0.15) is 4.99 Å². The summed E-state index contributed by atoms with van der Waals surface area (Å²) >= 11 is 1.39. The van der Waals surface area contributed by atoms with Crippen molar-refractivity contribution in [3.8, 4) is 0 Å². The number of halogens is 1. The van der Waals surface area contributed by atoms with E-state index in [1.807, 2.05) is 19.1 Å². The Bertz CT molecular complexity index is 880. The molecule has 0 bridgehead atoms. The van der Waals surface area contributed by atoms with Gasteiger partial charge < -0.3 is 14.2 Å². The van der Waals surface area contributed by atoms with Crippen LogP contribution in [0.3, 0.4) is 0 Å². The molecule has 134 valence electrons. The van der Waals surface area contributed by atoms with Gasteiger partial charge in [-0.1, -0.05) is 0 Å². The maximum absolute atomic E-state index is 13.1. The summed E-state index contributed by atoms with van der Waals surface area (Å²) in [4.78, 5) is 21.3. The predicted molar refractivity (Wildman–Crippen MR) is 102 cm³/mol. The Morgan fingerprint density at radius 2 is 1.77 bits per heavy atom. The van der Waals surface area contributed by atoms with Crippen molar-refractivity contribution in [2.24, 2.45) is 4.99 Å². The molecule has 1 aromatic heterocycles. The monoisotopic (exact) mass is 371 g/mol. The number of hydrogen-bond acceptors (Lipinski definition) is 5. The molecule has 0 aliphatic carbocycles. The lowest BCUT2D eigenvalue weighted by molar-refractivity contribution is -0.113. The summed E-state index contributed by atoms with van der Waals surface area (Å²) in [6.45, 7) is 5.01. The third-order valence-electron chi connectivity index (χ3n) is 4.39. The molecule has 2 aliphatic rings. The molecular formula is C19H18FN3O2S. The smallest absolute Gasteiger partial charge is 0.286 e. The molecule has 0 spiro atoms. The van der Waals surface area contributed by atoms with E-state index in [2.05, 4.69) is 14.8 Å². The highest BCUT2D eigenvalue weighted by Crippen LogP contribution is 2.31. The average Bonchev–Trinajstić information content (AvgIpc) is 3.22. The van der Waals surface area contributed by atoms with Crippen molar-refractivity contribution in [1.29, 1.82) is 0 Å². The Hall–Kier alpha value is -2.54. The van der Waals surface area contributed by atoms with Gasteiger partial charge in [0.05, 0.1) is 4.91 Å². The number of nitrogens with zero attached hydrogens (tertiary/aromatic N) is 3. The largest absolute Gasteiger partial charge is 0.462 e. The second kappa shape index (κ2) is 6.99. The number of amidine groups is 1. The third-order valence-corrected chi connectivity index (χ3v) is 5.43. The molecule has 4 rings (SSSR count). The topological polar surface area (TPSA) is 49.0 Å². The molecule has 0 atom stereocenters. The van der Waals surface area contributed by atoms with Crippen LogP contribution in [0, 0.1) is 12.7 Å². The number of furan rings is 1. The zero-order valence-corrected chi connectivity index (χ0v) is 15.1. The molecule has 3 heterocycles. The normalized spacial score (nSPS) is 19.4. The lowest BCUT2D eigenvalue weighted by Crippen LogP contribution is -2.47. The Kier molecular flexibility index (Phi) is 4.55. The molecular weight excluding hydrogens is 353 g/mol. The fourth-order valence-electron chi connectivity index (χ4n) is 3.00. The highest BCUT2D eigenvalue weighted by atomic mass is 32.2. The SMILES string of the molecule is Cc1ccc(/C=C2\SC(N3CCN(c4ccc(F)cc4)CC3)=NC2=O)o1. The molecule has 1 fully saturated rings. The molecule has 0 saturated carbocycles. The lowest BCUT2D eigenvalue weighted by atomic mass is 10.2. The number of aliphatic imine (C=N–C) groups is 1. The van der Waals surface area contributed by atoms with Crippen LogP contribution in [0.4, 0.5) is 10.1 Å². The zero-order valence-electron chi connectivity index (χ0n) is 14.3. The van der Waals surface area contributed by atoms with E-state index in [0.29, 0.717) is 10.7 Å². The van der Waals surface area contributed by atoms with Crippen molar-refractivity contribution < 1.29 is 13.6 Å². The number of thioether (sulfide) groups is 1. The van der Waals surface area contributed by atoms with Crippen molar-refractivity contribution in [2.45, 2.75) is 6.92 Å². The molecule has 26 heavy (non-hydrogen) atoms. The second-order valence-corrected chi connectivity index (χ2v) is 7.22. The summed E-state index contributed by atoms with van der Waals surface area (Å²) < 4.78 is 18.6. The number of benzene rings is 1. The molecule has 2 aliphatic heterocycles. The van der Waals surface area contributed by atoms with Gasteiger partial charge >= 0.3 is 0 Å². The Morgan fingerprint density at radius 3 is 2.42 bits per heavy atom. The first-order chi connectivity index (χ1) is 12.6. The fraction of sp³-hybridized carbons (Fsp3) is 0.263. The Morgan fingerprint density at radius 1 is 1.08 bits per heavy atom. The summed E-state index contributed by atoms with van der Waals surface area (Å²) in [7, 11) is 0. The van der Waals surface area contributed by atoms with Crippen LogP contribution >= 0.6 is 11.8 Å². The van der Waals surface area contributed by atoms with Crippen molar-refractivity contribution in [1.82, 2.24) is 4.90 Å². The second-order valence-electron chi connectivity index (χ2n) is 6.21. The molecule has 0 N–H and O–H groups in total. The maximum Gasteiger partial charge on any atom is 0.286 e. The summed E-state index contributed by atoms with van der Waals surface area (Å²) in [5.74, 6) is 1.02. The van der Waals surface area contributed by atoms with E-state index in [0.717, 1.165) is 42.8 Å². The minimum atomic E-state index is -0.228. The standard InChI is InChI=1S/C19H18FN3O2S/c1-13-2-7-16(25-13)12-17-18(24)21-19(26-17)23-10-8-22(9-11-23)15-5-3-14(20)4-6-15/h2-7,12H,8-11H2,1H3/b17-12-. The molecule has 1 saturated heterocycles. The first-order valence-corrected chi connectivity index (χ1v) is 9.24. The van der Waals surface area contributed by atoms with Crippen molar-refractivity contribution in [3.05, 3.63) is 58.6 Å². The first-order valence-electron chi connectivity index (χ1n) is 8.43. The van der Waals surface area contributed by atoms with E-state index in [-0.39, 0.29) is 11.7 Å². The number of amides is 1. The van der Waals surface area contributed by atoms with Gasteiger partial charge in [-0.05, 0) is 55.1 Å². The summed E-state index contributed by atoms with van der Waals surface area (Å²) in [5, 5.41) is 0.739. The van der Waals surface area contributed by atoms with E-state index in [9.17, 15) is 9.18 Å². The van der Waals surface area contributed by atoms with Crippen LogP contribution in [-0.4, -0.2) is 42.2 Å². The van der Waals surface area contributed by atoms with Gasteiger partial charge in [0.2, 0.25) is 0 Å². The van der Waals surface area contributed by atoms with Gasteiger partial charge in [-0.15, -0.1) is 0 Å². The van der Waals surface area contributed by atoms with Gasteiger partial charge in [-0.25, -0.2) is 4.39 Å². The number of aryl methyl sites for hydroxylation is 1. The highest BCUT2D eigenvalue weighted by Gasteiger charge is 2.28. The van der Waals surface area contributed by atoms with Gasteiger partial charge in [0.25, 0.3) is 5.91 Å². The Labute approximate surface area is 155 Å². The maximum atomic E-state index is 13.1. The Balaban J connectivity index is 1.39. The van der Waals surface area contributed by atoms with Crippen LogP contribution in [0.15, 0.2) is 50.7 Å². The van der Waals surface area contributed by atoms with E-state index in [4.69, 9.17) is 4.42 Å². The lowest BCUT2D eigenvalue weighted by Gasteiger charge is -2.36. The highest BCUT2D eigenvalue weighted by molar-refractivity contribution is 8.18. The molecule has 1 amide bonds. The molecule has 0 unspecified atom stereocenters. The van der Waals surface area contributed by atoms with Gasteiger partial charge in [0.1, 0.15) is 17.3 Å². The average molecular weight is 371 g/mol. The van der Waals surface area contributed by atoms with Crippen molar-refractivity contribution in [2.75, 3.05) is 31.1 Å². The van der Waals surface area contributed by atoms with E-state index >= 15 is 0 Å². The van der Waals surface area contributed by atoms with Crippen molar-refractivity contribution in [3.63, 3.8) is 0 Å². The van der Waals surface area contributed by atoms with Crippen LogP contribution in [0.5, 0.6) is 0 Å². The van der Waals surface area contributed by atoms with Crippen LogP contribution in [-0.2, 0) is 4.79 Å². The molecule has 7 heteroatoms. The van der Waals surface area contributed by atoms with E-state index in [1.165, 1.54) is 23.9 Å². The number of carbonyl (C=O) groups excluding carboxylic acids is 1. The van der Waals surface area contributed by atoms with E-state index < -0.39 is 0 Å². The minimum absolute atomic E-state index is 0.222. The number of rotatable bonds is 2. The predicted octanol–water partition coefficient (Wildman–Crippen LogP) is 3.52. The fourth-order valence-corrected chi connectivity index (χ4v) is 3.95. The molecule has 2 aromatic rings. The first kappa shape index (κ1) is 16.9. The van der Waals surface area contributed by atoms with Crippen LogP contribution in [0.1, 0.15) is 11.5 Å². The summed E-state index contributed by atoms with van der Waals surface area (Å²) in [6.07, 6.45) is 1.74. The molecule has 1 aromatic carbocycles. The van der Waals surface area contributed by atoms with Gasteiger partial charge in [0, 0.05) is 37.9 Å². The van der Waals surface area contributed by atoms with Crippen LogP contribution < -0.4 is 4.90 Å². The molecule has 5 nitrogen and oxygen atoms in total. The molecule has 0 radical (unpaired) electrons. The van der Waals surface area contributed by atoms with Gasteiger partial charge in [-0.3, -0.25) is 4.79 Å². The number of piperazine rings is 1. The number of anilines is 1. The van der Waals surface area contributed by atoms with Crippen LogP contribution in [0.2, 0.25) is 0 Å².